The van der Waals surface area contributed by atoms with E-state index in [9.17, 15) is 0 Å². The lowest BCUT2D eigenvalue weighted by atomic mass is 10.2. The molecule has 1 fully saturated rings. The molecule has 0 bridgehead atoms. The molecular formula is C11H15NO2. The van der Waals surface area contributed by atoms with Crippen LogP contribution in [0.2, 0.25) is 0 Å². The highest BCUT2D eigenvalue weighted by molar-refractivity contribution is 5.27. The van der Waals surface area contributed by atoms with Gasteiger partial charge in [0.05, 0.1) is 12.8 Å². The Balaban J connectivity index is 1.99. The average Bonchev–Trinajstić information content (AvgIpc) is 2.23. The van der Waals surface area contributed by atoms with Crippen LogP contribution in [0.3, 0.4) is 0 Å². The van der Waals surface area contributed by atoms with Gasteiger partial charge in [-0.25, -0.2) is 0 Å². The predicted molar refractivity (Wildman–Crippen MR) is 53.2 cm³/mol. The second-order valence-electron chi connectivity index (χ2n) is 3.56. The summed E-state index contributed by atoms with van der Waals surface area (Å²) in [4.78, 5) is 4.03. The zero-order valence-corrected chi connectivity index (χ0v) is 8.40. The van der Waals surface area contributed by atoms with Crippen LogP contribution in [-0.2, 0) is 4.74 Å². The highest BCUT2D eigenvalue weighted by Gasteiger charge is 2.15. The van der Waals surface area contributed by atoms with Crippen LogP contribution < -0.4 is 4.74 Å². The molecule has 2 rings (SSSR count). The number of pyridine rings is 1. The summed E-state index contributed by atoms with van der Waals surface area (Å²) in [6.45, 7) is 2.82. The van der Waals surface area contributed by atoms with Gasteiger partial charge in [0.15, 0.2) is 6.29 Å². The maximum Gasteiger partial charge on any atom is 0.199 e. The van der Waals surface area contributed by atoms with Crippen molar-refractivity contribution in [2.75, 3.05) is 6.61 Å². The van der Waals surface area contributed by atoms with E-state index in [1.807, 2.05) is 13.0 Å². The summed E-state index contributed by atoms with van der Waals surface area (Å²) in [5, 5.41) is 0. The molecule has 1 unspecified atom stereocenters. The largest absolute Gasteiger partial charge is 0.463 e. The van der Waals surface area contributed by atoms with Crippen molar-refractivity contribution >= 4 is 0 Å². The zero-order valence-electron chi connectivity index (χ0n) is 8.40. The van der Waals surface area contributed by atoms with Crippen LogP contribution in [0, 0.1) is 6.92 Å². The number of aromatic nitrogens is 1. The van der Waals surface area contributed by atoms with Gasteiger partial charge >= 0.3 is 0 Å². The molecule has 14 heavy (non-hydrogen) atoms. The van der Waals surface area contributed by atoms with E-state index in [-0.39, 0.29) is 6.29 Å². The third-order valence-corrected chi connectivity index (χ3v) is 2.39. The molecule has 0 saturated carbocycles. The van der Waals surface area contributed by atoms with Crippen LogP contribution in [-0.4, -0.2) is 17.9 Å². The van der Waals surface area contributed by atoms with E-state index in [2.05, 4.69) is 4.98 Å². The van der Waals surface area contributed by atoms with Crippen LogP contribution in [0.15, 0.2) is 18.5 Å². The van der Waals surface area contributed by atoms with Crippen molar-refractivity contribution in [3.05, 3.63) is 24.0 Å². The van der Waals surface area contributed by atoms with Crippen molar-refractivity contribution in [2.24, 2.45) is 0 Å². The predicted octanol–water partition coefficient (Wildman–Crippen LogP) is 2.30. The molecule has 0 spiro atoms. The Kier molecular flexibility index (Phi) is 2.99. The van der Waals surface area contributed by atoms with Gasteiger partial charge in [0.25, 0.3) is 0 Å². The molecule has 1 aliphatic rings. The number of ether oxygens (including phenoxy) is 2. The van der Waals surface area contributed by atoms with E-state index < -0.39 is 0 Å². The molecular weight excluding hydrogens is 178 g/mol. The summed E-state index contributed by atoms with van der Waals surface area (Å²) in [6, 6.07) is 1.94. The van der Waals surface area contributed by atoms with Gasteiger partial charge in [0.2, 0.25) is 0 Å². The minimum atomic E-state index is -0.0772. The van der Waals surface area contributed by atoms with Crippen molar-refractivity contribution in [3.8, 4) is 5.75 Å². The minimum Gasteiger partial charge on any atom is -0.463 e. The molecule has 1 saturated heterocycles. The molecule has 2 heterocycles. The van der Waals surface area contributed by atoms with Gasteiger partial charge in [-0.1, -0.05) is 0 Å². The fraction of sp³-hybridized carbons (Fsp3) is 0.545. The lowest BCUT2D eigenvalue weighted by Gasteiger charge is -2.23. The van der Waals surface area contributed by atoms with Crippen molar-refractivity contribution < 1.29 is 9.47 Å². The SMILES string of the molecule is Cc1ccncc1OC1CCCCO1. The van der Waals surface area contributed by atoms with Crippen molar-refractivity contribution in [1.29, 1.82) is 0 Å². The fourth-order valence-corrected chi connectivity index (χ4v) is 1.52. The highest BCUT2D eigenvalue weighted by Crippen LogP contribution is 2.21. The number of hydrogen-bond donors (Lipinski definition) is 0. The standard InChI is InChI=1S/C11H15NO2/c1-9-5-6-12-8-10(9)14-11-4-2-3-7-13-11/h5-6,8,11H,2-4,7H2,1H3. The average molecular weight is 193 g/mol. The van der Waals surface area contributed by atoms with E-state index in [0.29, 0.717) is 0 Å². The Bertz CT molecular complexity index is 295. The number of aryl methyl sites for hydroxylation is 1. The summed E-state index contributed by atoms with van der Waals surface area (Å²) >= 11 is 0. The van der Waals surface area contributed by atoms with Gasteiger partial charge in [-0.3, -0.25) is 4.98 Å². The Hall–Kier alpha value is -1.09. The highest BCUT2D eigenvalue weighted by atomic mass is 16.7. The first-order chi connectivity index (χ1) is 6.86. The van der Waals surface area contributed by atoms with E-state index in [0.717, 1.165) is 30.8 Å². The molecule has 0 N–H and O–H groups in total. The zero-order chi connectivity index (χ0) is 9.80. The Morgan fingerprint density at radius 1 is 1.50 bits per heavy atom. The molecule has 0 amide bonds. The molecule has 3 heteroatoms. The Morgan fingerprint density at radius 2 is 2.43 bits per heavy atom. The van der Waals surface area contributed by atoms with Crippen LogP contribution in [0.5, 0.6) is 5.75 Å². The molecule has 1 atom stereocenters. The molecule has 0 radical (unpaired) electrons. The summed E-state index contributed by atoms with van der Waals surface area (Å²) < 4.78 is 11.2. The van der Waals surface area contributed by atoms with Crippen LogP contribution in [0.25, 0.3) is 0 Å². The maximum atomic E-state index is 5.70. The van der Waals surface area contributed by atoms with Gasteiger partial charge < -0.3 is 9.47 Å². The van der Waals surface area contributed by atoms with Gasteiger partial charge in [0, 0.05) is 12.6 Å². The normalized spacial score (nSPS) is 21.9. The topological polar surface area (TPSA) is 31.4 Å². The van der Waals surface area contributed by atoms with Crippen molar-refractivity contribution in [1.82, 2.24) is 4.98 Å². The number of rotatable bonds is 2. The summed E-state index contributed by atoms with van der Waals surface area (Å²) in [7, 11) is 0. The monoisotopic (exact) mass is 193 g/mol. The number of nitrogens with zero attached hydrogens (tertiary/aromatic N) is 1. The summed E-state index contributed by atoms with van der Waals surface area (Å²) in [5.41, 5.74) is 1.11. The van der Waals surface area contributed by atoms with E-state index in [1.165, 1.54) is 6.42 Å². The van der Waals surface area contributed by atoms with Crippen LogP contribution in [0.1, 0.15) is 24.8 Å². The van der Waals surface area contributed by atoms with E-state index in [4.69, 9.17) is 9.47 Å². The first-order valence-electron chi connectivity index (χ1n) is 5.05. The van der Waals surface area contributed by atoms with Crippen LogP contribution >= 0.6 is 0 Å². The molecule has 1 aromatic rings. The molecule has 76 valence electrons. The lowest BCUT2D eigenvalue weighted by Crippen LogP contribution is -2.25. The van der Waals surface area contributed by atoms with E-state index >= 15 is 0 Å². The fourth-order valence-electron chi connectivity index (χ4n) is 1.52. The first-order valence-corrected chi connectivity index (χ1v) is 5.05. The quantitative estimate of drug-likeness (QED) is 0.722. The minimum absolute atomic E-state index is 0.0772. The van der Waals surface area contributed by atoms with Crippen molar-refractivity contribution in [2.45, 2.75) is 32.5 Å². The number of hydrogen-bond acceptors (Lipinski definition) is 3. The molecule has 1 aromatic heterocycles. The Labute approximate surface area is 84.1 Å². The molecule has 1 aliphatic heterocycles. The van der Waals surface area contributed by atoms with E-state index in [1.54, 1.807) is 12.4 Å². The summed E-state index contributed by atoms with van der Waals surface area (Å²) in [5.74, 6) is 0.833. The second-order valence-corrected chi connectivity index (χ2v) is 3.56. The smallest absolute Gasteiger partial charge is 0.199 e. The summed E-state index contributed by atoms with van der Waals surface area (Å²) in [6.07, 6.45) is 6.74. The van der Waals surface area contributed by atoms with Gasteiger partial charge in [-0.2, -0.15) is 0 Å². The van der Waals surface area contributed by atoms with Gasteiger partial charge in [-0.15, -0.1) is 0 Å². The third-order valence-electron chi connectivity index (χ3n) is 2.39. The second kappa shape index (κ2) is 4.42. The Morgan fingerprint density at radius 3 is 3.14 bits per heavy atom. The third kappa shape index (κ3) is 2.23. The van der Waals surface area contributed by atoms with Gasteiger partial charge in [-0.05, 0) is 31.4 Å². The maximum absolute atomic E-state index is 5.70. The molecule has 3 nitrogen and oxygen atoms in total. The lowest BCUT2D eigenvalue weighted by molar-refractivity contribution is -0.106. The first kappa shape index (κ1) is 9.46. The van der Waals surface area contributed by atoms with Gasteiger partial charge in [0.1, 0.15) is 5.75 Å². The van der Waals surface area contributed by atoms with Crippen molar-refractivity contribution in [3.63, 3.8) is 0 Å². The molecule has 0 aromatic carbocycles. The van der Waals surface area contributed by atoms with Crippen LogP contribution in [0.4, 0.5) is 0 Å². The molecule has 0 aliphatic carbocycles.